The number of hydrogen-bond donors (Lipinski definition) is 0. The van der Waals surface area contributed by atoms with E-state index in [0.717, 1.165) is 5.69 Å². The van der Waals surface area contributed by atoms with Crippen LogP contribution in [-0.4, -0.2) is 49.3 Å². The van der Waals surface area contributed by atoms with E-state index in [2.05, 4.69) is 21.0 Å². The summed E-state index contributed by atoms with van der Waals surface area (Å²) in [5.74, 6) is -0.383. The van der Waals surface area contributed by atoms with Gasteiger partial charge in [-0.05, 0) is 29.8 Å². The van der Waals surface area contributed by atoms with Gasteiger partial charge in [0.25, 0.3) is 0 Å². The molecule has 1 aromatic rings. The van der Waals surface area contributed by atoms with Crippen molar-refractivity contribution in [1.29, 1.82) is 0 Å². The van der Waals surface area contributed by atoms with Crippen molar-refractivity contribution in [1.82, 2.24) is 9.78 Å². The Morgan fingerprint density at radius 3 is 2.74 bits per heavy atom. The monoisotopic (exact) mass is 334 g/mol. The second-order valence-electron chi connectivity index (χ2n) is 3.80. The molecule has 7 heteroatoms. The van der Waals surface area contributed by atoms with E-state index in [1.165, 1.54) is 0 Å². The first-order valence-corrected chi connectivity index (χ1v) is 6.87. The van der Waals surface area contributed by atoms with Crippen LogP contribution >= 0.6 is 15.9 Å². The van der Waals surface area contributed by atoms with E-state index < -0.39 is 0 Å². The highest BCUT2D eigenvalue weighted by atomic mass is 79.9. The molecule has 19 heavy (non-hydrogen) atoms. The van der Waals surface area contributed by atoms with Crippen LogP contribution in [0.2, 0.25) is 0 Å². The maximum absolute atomic E-state index is 11.9. The van der Waals surface area contributed by atoms with Gasteiger partial charge in [0.2, 0.25) is 0 Å². The van der Waals surface area contributed by atoms with Gasteiger partial charge in [-0.2, -0.15) is 5.10 Å². The Morgan fingerprint density at radius 2 is 2.11 bits per heavy atom. The summed E-state index contributed by atoms with van der Waals surface area (Å²) in [6.45, 7) is 5.95. The van der Waals surface area contributed by atoms with Crippen molar-refractivity contribution in [3.8, 4) is 0 Å². The molecule has 0 atom stereocenters. The van der Waals surface area contributed by atoms with Gasteiger partial charge in [-0.25, -0.2) is 4.79 Å². The molecular weight excluding hydrogens is 316 g/mol. The quantitative estimate of drug-likeness (QED) is 0.535. The van der Waals surface area contributed by atoms with E-state index in [-0.39, 0.29) is 5.97 Å². The number of hydrogen-bond acceptors (Lipinski definition) is 5. The van der Waals surface area contributed by atoms with Crippen molar-refractivity contribution < 1.29 is 19.0 Å². The van der Waals surface area contributed by atoms with Crippen molar-refractivity contribution in [3.05, 3.63) is 15.9 Å². The van der Waals surface area contributed by atoms with E-state index in [9.17, 15) is 4.79 Å². The maximum Gasteiger partial charge on any atom is 0.357 e. The fraction of sp³-hybridized carbons (Fsp3) is 0.667. The van der Waals surface area contributed by atoms with Gasteiger partial charge in [0.05, 0.1) is 43.1 Å². The molecule has 0 aliphatic heterocycles. The molecule has 0 fully saturated rings. The minimum absolute atomic E-state index is 0.333. The lowest BCUT2D eigenvalue weighted by atomic mass is 10.3. The topological polar surface area (TPSA) is 62.6 Å². The van der Waals surface area contributed by atoms with E-state index >= 15 is 0 Å². The average Bonchev–Trinajstić information content (AvgIpc) is 2.65. The summed E-state index contributed by atoms with van der Waals surface area (Å²) in [6.07, 6.45) is 0. The van der Waals surface area contributed by atoms with Crippen molar-refractivity contribution >= 4 is 21.9 Å². The van der Waals surface area contributed by atoms with Gasteiger partial charge in [0.15, 0.2) is 5.69 Å². The van der Waals surface area contributed by atoms with Crippen LogP contribution in [0.5, 0.6) is 0 Å². The van der Waals surface area contributed by atoms with Crippen molar-refractivity contribution in [2.45, 2.75) is 20.4 Å². The van der Waals surface area contributed by atoms with Gasteiger partial charge in [-0.3, -0.25) is 4.68 Å². The van der Waals surface area contributed by atoms with Crippen LogP contribution in [0.25, 0.3) is 0 Å². The van der Waals surface area contributed by atoms with Gasteiger partial charge in [-0.1, -0.05) is 0 Å². The molecule has 0 aliphatic rings. The molecule has 0 unspecified atom stereocenters. The third-order valence-electron chi connectivity index (χ3n) is 2.40. The number of ether oxygens (including phenoxy) is 3. The summed E-state index contributed by atoms with van der Waals surface area (Å²) >= 11 is 3.36. The molecular formula is C12H19BrN2O4. The number of halogens is 1. The molecule has 0 aromatic carbocycles. The lowest BCUT2D eigenvalue weighted by molar-refractivity contribution is 0.0494. The number of rotatable bonds is 8. The van der Waals surface area contributed by atoms with Crippen LogP contribution in [0.3, 0.4) is 0 Å². The second-order valence-corrected chi connectivity index (χ2v) is 4.59. The SMILES string of the molecule is CCOC(=O)c1c(Br)c(C)nn1CCOCCOC. The minimum Gasteiger partial charge on any atom is -0.461 e. The highest BCUT2D eigenvalue weighted by molar-refractivity contribution is 9.10. The van der Waals surface area contributed by atoms with Crippen molar-refractivity contribution in [3.63, 3.8) is 0 Å². The first-order valence-electron chi connectivity index (χ1n) is 6.08. The Hall–Kier alpha value is -0.920. The Bertz CT molecular complexity index is 420. The first-order chi connectivity index (χ1) is 9.11. The van der Waals surface area contributed by atoms with Crippen LogP contribution < -0.4 is 0 Å². The van der Waals surface area contributed by atoms with Crippen LogP contribution in [0.4, 0.5) is 0 Å². The number of esters is 1. The summed E-state index contributed by atoms with van der Waals surface area (Å²) in [7, 11) is 1.62. The lowest BCUT2D eigenvalue weighted by Gasteiger charge is -2.08. The zero-order chi connectivity index (χ0) is 14.3. The fourth-order valence-corrected chi connectivity index (χ4v) is 1.96. The van der Waals surface area contributed by atoms with Gasteiger partial charge < -0.3 is 14.2 Å². The second kappa shape index (κ2) is 8.29. The number of aromatic nitrogens is 2. The highest BCUT2D eigenvalue weighted by Gasteiger charge is 2.20. The molecule has 0 N–H and O–H groups in total. The molecule has 6 nitrogen and oxygen atoms in total. The summed E-state index contributed by atoms with van der Waals surface area (Å²) in [4.78, 5) is 11.9. The summed E-state index contributed by atoms with van der Waals surface area (Å²) in [5.41, 5.74) is 1.18. The van der Waals surface area contributed by atoms with Gasteiger partial charge in [0, 0.05) is 7.11 Å². The number of aryl methyl sites for hydroxylation is 1. The third-order valence-corrected chi connectivity index (χ3v) is 3.35. The highest BCUT2D eigenvalue weighted by Crippen LogP contribution is 2.21. The Morgan fingerprint density at radius 1 is 1.37 bits per heavy atom. The summed E-state index contributed by atoms with van der Waals surface area (Å²) in [6, 6.07) is 0. The van der Waals surface area contributed by atoms with Crippen molar-refractivity contribution in [2.75, 3.05) is 33.5 Å². The maximum atomic E-state index is 11.9. The predicted molar refractivity (Wildman–Crippen MR) is 73.3 cm³/mol. The van der Waals surface area contributed by atoms with E-state index in [4.69, 9.17) is 14.2 Å². The molecule has 0 aliphatic carbocycles. The lowest BCUT2D eigenvalue weighted by Crippen LogP contribution is -2.17. The zero-order valence-corrected chi connectivity index (χ0v) is 13.0. The van der Waals surface area contributed by atoms with Crippen LogP contribution in [0, 0.1) is 6.92 Å². The third kappa shape index (κ3) is 4.59. The molecule has 1 rings (SSSR count). The zero-order valence-electron chi connectivity index (χ0n) is 11.4. The number of methoxy groups -OCH3 is 1. The van der Waals surface area contributed by atoms with Gasteiger partial charge in [-0.15, -0.1) is 0 Å². The molecule has 0 bridgehead atoms. The normalized spacial score (nSPS) is 10.7. The molecule has 0 saturated carbocycles. The molecule has 0 saturated heterocycles. The molecule has 0 radical (unpaired) electrons. The van der Waals surface area contributed by atoms with Gasteiger partial charge in [0.1, 0.15) is 0 Å². The fourth-order valence-electron chi connectivity index (χ4n) is 1.51. The van der Waals surface area contributed by atoms with E-state index in [1.807, 2.05) is 6.92 Å². The largest absolute Gasteiger partial charge is 0.461 e. The van der Waals surface area contributed by atoms with E-state index in [0.29, 0.717) is 43.1 Å². The van der Waals surface area contributed by atoms with Crippen LogP contribution in [-0.2, 0) is 20.8 Å². The molecule has 108 valence electrons. The molecule has 1 heterocycles. The average molecular weight is 335 g/mol. The molecule has 0 amide bonds. The van der Waals surface area contributed by atoms with Crippen LogP contribution in [0.1, 0.15) is 23.1 Å². The number of carbonyl (C=O) groups is 1. The number of nitrogens with zero attached hydrogens (tertiary/aromatic N) is 2. The number of carbonyl (C=O) groups excluding carboxylic acids is 1. The predicted octanol–water partition coefficient (Wildman–Crippen LogP) is 1.79. The van der Waals surface area contributed by atoms with Crippen LogP contribution in [0.15, 0.2) is 4.47 Å². The smallest absolute Gasteiger partial charge is 0.357 e. The van der Waals surface area contributed by atoms with Crippen molar-refractivity contribution in [2.24, 2.45) is 0 Å². The minimum atomic E-state index is -0.383. The molecule has 1 aromatic heterocycles. The molecule has 0 spiro atoms. The Kier molecular flexibility index (Phi) is 7.04. The summed E-state index contributed by atoms with van der Waals surface area (Å²) in [5, 5.41) is 4.29. The Labute approximate surface area is 121 Å². The standard InChI is InChI=1S/C12H19BrN2O4/c1-4-19-12(16)11-10(13)9(2)14-15(11)5-6-18-8-7-17-3/h4-8H2,1-3H3. The van der Waals surface area contributed by atoms with E-state index in [1.54, 1.807) is 18.7 Å². The summed E-state index contributed by atoms with van der Waals surface area (Å²) < 4.78 is 17.5. The Balaban J connectivity index is 2.66. The van der Waals surface area contributed by atoms with Gasteiger partial charge >= 0.3 is 5.97 Å². The first kappa shape index (κ1) is 16.1.